The van der Waals surface area contributed by atoms with Gasteiger partial charge in [-0.1, -0.05) is 6.07 Å². The average Bonchev–Trinajstić information content (AvgIpc) is 2.43. The molecule has 0 fully saturated rings. The Bertz CT molecular complexity index is 435. The summed E-state index contributed by atoms with van der Waals surface area (Å²) in [6.45, 7) is 0.525. The predicted molar refractivity (Wildman–Crippen MR) is 69.5 cm³/mol. The van der Waals surface area contributed by atoms with E-state index in [1.54, 1.807) is 13.1 Å². The predicted octanol–water partition coefficient (Wildman–Crippen LogP) is 0.397. The Kier molecular flexibility index (Phi) is 5.75. The molecule has 0 saturated heterocycles. The molecule has 0 radical (unpaired) electrons. The number of hydrogen-bond acceptors (Lipinski definition) is 5. The van der Waals surface area contributed by atoms with E-state index in [0.29, 0.717) is 18.7 Å². The Hall–Kier alpha value is -1.63. The van der Waals surface area contributed by atoms with Crippen LogP contribution >= 0.6 is 0 Å². The van der Waals surface area contributed by atoms with Crippen LogP contribution in [0.3, 0.4) is 0 Å². The van der Waals surface area contributed by atoms with Crippen molar-refractivity contribution in [3.05, 3.63) is 29.3 Å². The van der Waals surface area contributed by atoms with Gasteiger partial charge in [0.25, 0.3) is 0 Å². The van der Waals surface area contributed by atoms with Crippen LogP contribution in [0.1, 0.15) is 28.4 Å². The van der Waals surface area contributed by atoms with Gasteiger partial charge in [0.1, 0.15) is 11.9 Å². The first-order valence-corrected chi connectivity index (χ1v) is 5.93. The number of carboxylic acids is 1. The minimum atomic E-state index is -1.25. The van der Waals surface area contributed by atoms with E-state index in [1.165, 1.54) is 19.2 Å². The monoisotopic (exact) mass is 269 g/mol. The minimum absolute atomic E-state index is 0.0737. The van der Waals surface area contributed by atoms with Gasteiger partial charge >= 0.3 is 5.97 Å². The molecular weight excluding hydrogens is 250 g/mol. The number of benzene rings is 1. The normalized spacial score (nSPS) is 13.9. The average molecular weight is 269 g/mol. The van der Waals surface area contributed by atoms with Gasteiger partial charge in [0.15, 0.2) is 0 Å². The third-order valence-corrected chi connectivity index (χ3v) is 2.86. The maximum atomic E-state index is 11.2. The molecule has 0 aliphatic rings. The second-order valence-electron chi connectivity index (χ2n) is 4.16. The van der Waals surface area contributed by atoms with Gasteiger partial charge in [-0.15, -0.1) is 0 Å². The van der Waals surface area contributed by atoms with Gasteiger partial charge in [-0.25, -0.2) is 4.79 Å². The maximum absolute atomic E-state index is 11.2. The van der Waals surface area contributed by atoms with Gasteiger partial charge in [0.05, 0.1) is 18.8 Å². The van der Waals surface area contributed by atoms with Crippen LogP contribution in [0, 0.1) is 0 Å². The van der Waals surface area contributed by atoms with Crippen LogP contribution in [0.2, 0.25) is 0 Å². The van der Waals surface area contributed by atoms with Gasteiger partial charge in [-0.3, -0.25) is 0 Å². The molecular formula is C13H19NO5. The van der Waals surface area contributed by atoms with Crippen molar-refractivity contribution in [3.8, 4) is 5.75 Å². The van der Waals surface area contributed by atoms with Gasteiger partial charge in [0.2, 0.25) is 0 Å². The van der Waals surface area contributed by atoms with E-state index in [2.05, 4.69) is 5.32 Å². The highest BCUT2D eigenvalue weighted by Gasteiger charge is 2.23. The van der Waals surface area contributed by atoms with Crippen LogP contribution in [0.4, 0.5) is 0 Å². The van der Waals surface area contributed by atoms with Crippen molar-refractivity contribution in [2.75, 3.05) is 20.7 Å². The van der Waals surface area contributed by atoms with E-state index in [-0.39, 0.29) is 11.1 Å². The molecule has 19 heavy (non-hydrogen) atoms. The third kappa shape index (κ3) is 3.92. The van der Waals surface area contributed by atoms with E-state index in [9.17, 15) is 15.0 Å². The first kappa shape index (κ1) is 15.4. The van der Waals surface area contributed by atoms with Crippen molar-refractivity contribution in [2.45, 2.75) is 18.6 Å². The Morgan fingerprint density at radius 1 is 1.42 bits per heavy atom. The quantitative estimate of drug-likeness (QED) is 0.572. The highest BCUT2D eigenvalue weighted by Crippen LogP contribution is 2.26. The molecule has 6 nitrogen and oxygen atoms in total. The van der Waals surface area contributed by atoms with Crippen molar-refractivity contribution in [1.29, 1.82) is 0 Å². The zero-order valence-corrected chi connectivity index (χ0v) is 11.0. The molecule has 0 saturated carbocycles. The number of hydrogen-bond donors (Lipinski definition) is 4. The highest BCUT2D eigenvalue weighted by atomic mass is 16.5. The zero-order chi connectivity index (χ0) is 14.4. The largest absolute Gasteiger partial charge is 0.497 e. The molecule has 6 heteroatoms. The summed E-state index contributed by atoms with van der Waals surface area (Å²) in [5.74, 6) is -0.785. The van der Waals surface area contributed by atoms with Gasteiger partial charge in [-0.05, 0) is 37.7 Å². The summed E-state index contributed by atoms with van der Waals surface area (Å²) >= 11 is 0. The van der Waals surface area contributed by atoms with Crippen LogP contribution in [-0.2, 0) is 0 Å². The number of nitrogens with one attached hydrogen (secondary N) is 1. The zero-order valence-electron chi connectivity index (χ0n) is 11.0. The van der Waals surface area contributed by atoms with E-state index in [0.717, 1.165) is 0 Å². The number of methoxy groups -OCH3 is 1. The lowest BCUT2D eigenvalue weighted by Crippen LogP contribution is -2.24. The molecule has 0 bridgehead atoms. The van der Waals surface area contributed by atoms with Crippen LogP contribution in [0.25, 0.3) is 0 Å². The van der Waals surface area contributed by atoms with Crippen LogP contribution < -0.4 is 10.1 Å². The Morgan fingerprint density at radius 2 is 2.11 bits per heavy atom. The van der Waals surface area contributed by atoms with Crippen molar-refractivity contribution < 1.29 is 24.9 Å². The third-order valence-electron chi connectivity index (χ3n) is 2.86. The number of aromatic carboxylic acids is 1. The SMILES string of the molecule is CNCCC(O)C(O)c1ccc(OC)cc1C(=O)O. The molecule has 0 heterocycles. The number of aliphatic hydroxyl groups is 2. The van der Waals surface area contributed by atoms with E-state index < -0.39 is 18.2 Å². The number of ether oxygens (including phenoxy) is 1. The molecule has 1 aromatic rings. The summed E-state index contributed by atoms with van der Waals surface area (Å²) in [5, 5.41) is 31.8. The molecule has 0 aliphatic heterocycles. The Morgan fingerprint density at radius 3 is 2.63 bits per heavy atom. The van der Waals surface area contributed by atoms with E-state index in [1.807, 2.05) is 0 Å². The molecule has 0 aliphatic carbocycles. The summed E-state index contributed by atoms with van der Waals surface area (Å²) in [5.41, 5.74) is 0.104. The van der Waals surface area contributed by atoms with Gasteiger partial charge < -0.3 is 25.4 Å². The molecule has 4 N–H and O–H groups in total. The summed E-state index contributed by atoms with van der Waals surface area (Å²) in [4.78, 5) is 11.2. The van der Waals surface area contributed by atoms with Crippen LogP contribution in [0.5, 0.6) is 5.75 Å². The molecule has 1 rings (SSSR count). The first-order valence-electron chi connectivity index (χ1n) is 5.93. The molecule has 106 valence electrons. The lowest BCUT2D eigenvalue weighted by molar-refractivity contribution is 0.0131. The molecule has 0 aromatic heterocycles. The fourth-order valence-corrected chi connectivity index (χ4v) is 1.76. The molecule has 1 aromatic carbocycles. The van der Waals surface area contributed by atoms with Crippen molar-refractivity contribution in [3.63, 3.8) is 0 Å². The summed E-state index contributed by atoms with van der Waals surface area (Å²) in [7, 11) is 3.16. The van der Waals surface area contributed by atoms with Gasteiger partial charge in [-0.2, -0.15) is 0 Å². The van der Waals surface area contributed by atoms with Crippen LogP contribution in [0.15, 0.2) is 18.2 Å². The fourth-order valence-electron chi connectivity index (χ4n) is 1.76. The standard InChI is InChI=1S/C13H19NO5/c1-14-6-5-11(15)12(16)9-4-3-8(19-2)7-10(9)13(17)18/h3-4,7,11-12,14-16H,5-6H2,1-2H3,(H,17,18). The second-order valence-corrected chi connectivity index (χ2v) is 4.16. The molecule has 0 spiro atoms. The number of carboxylic acid groups (broad SMARTS) is 1. The summed E-state index contributed by atoms with van der Waals surface area (Å²) in [6.07, 6.45) is -1.95. The maximum Gasteiger partial charge on any atom is 0.336 e. The lowest BCUT2D eigenvalue weighted by Gasteiger charge is -2.20. The van der Waals surface area contributed by atoms with E-state index in [4.69, 9.17) is 9.84 Å². The Balaban J connectivity index is 3.01. The number of carbonyl (C=O) groups is 1. The number of aliphatic hydroxyl groups excluding tert-OH is 2. The van der Waals surface area contributed by atoms with E-state index >= 15 is 0 Å². The number of rotatable bonds is 7. The van der Waals surface area contributed by atoms with Gasteiger partial charge in [0, 0.05) is 0 Å². The molecule has 2 unspecified atom stereocenters. The first-order chi connectivity index (χ1) is 9.01. The summed E-state index contributed by atoms with van der Waals surface area (Å²) in [6, 6.07) is 4.33. The topological polar surface area (TPSA) is 99.0 Å². The Labute approximate surface area is 111 Å². The lowest BCUT2D eigenvalue weighted by atomic mass is 9.97. The smallest absolute Gasteiger partial charge is 0.336 e. The van der Waals surface area contributed by atoms with Crippen LogP contribution in [-0.4, -0.2) is 48.1 Å². The molecule has 2 atom stereocenters. The van der Waals surface area contributed by atoms with Crippen molar-refractivity contribution in [1.82, 2.24) is 5.32 Å². The second kappa shape index (κ2) is 7.08. The molecule has 0 amide bonds. The fraction of sp³-hybridized carbons (Fsp3) is 0.462. The van der Waals surface area contributed by atoms with Crippen molar-refractivity contribution >= 4 is 5.97 Å². The highest BCUT2D eigenvalue weighted by molar-refractivity contribution is 5.90. The minimum Gasteiger partial charge on any atom is -0.497 e. The summed E-state index contributed by atoms with van der Waals surface area (Å²) < 4.78 is 4.95. The van der Waals surface area contributed by atoms with Crippen molar-refractivity contribution in [2.24, 2.45) is 0 Å².